The molecule has 0 atom stereocenters. The highest BCUT2D eigenvalue weighted by Gasteiger charge is 2.10. The van der Waals surface area contributed by atoms with Crippen LogP contribution < -0.4 is 10.6 Å². The van der Waals surface area contributed by atoms with Crippen molar-refractivity contribution in [1.29, 1.82) is 0 Å². The molecule has 0 spiro atoms. The van der Waals surface area contributed by atoms with E-state index < -0.39 is 0 Å². The molecule has 0 radical (unpaired) electrons. The van der Waals surface area contributed by atoms with E-state index in [0.717, 1.165) is 39.6 Å². The molecule has 2 aromatic carbocycles. The maximum absolute atomic E-state index is 6.20. The standard InChI is InChI=1S/C17H19N3S/c1-12-19-15-11-16(14(18)10-17(15)21-12)20(2)9-8-13-6-4-3-5-7-13/h3-7,10-11H,8-9,18H2,1-2H3. The van der Waals surface area contributed by atoms with Crippen LogP contribution in [0.25, 0.3) is 10.2 Å². The lowest BCUT2D eigenvalue weighted by atomic mass is 10.1. The van der Waals surface area contributed by atoms with Crippen LogP contribution in [0.4, 0.5) is 11.4 Å². The van der Waals surface area contributed by atoms with Gasteiger partial charge in [0.05, 0.1) is 26.6 Å². The average molecular weight is 297 g/mol. The third-order valence-electron chi connectivity index (χ3n) is 3.63. The Morgan fingerprint density at radius 3 is 2.71 bits per heavy atom. The molecule has 0 aliphatic heterocycles. The quantitative estimate of drug-likeness (QED) is 0.743. The second-order valence-corrected chi connectivity index (χ2v) is 6.50. The molecule has 1 aromatic heterocycles. The van der Waals surface area contributed by atoms with E-state index in [0.29, 0.717) is 0 Å². The van der Waals surface area contributed by atoms with Crippen LogP contribution in [0.15, 0.2) is 42.5 Å². The molecule has 3 nitrogen and oxygen atoms in total. The summed E-state index contributed by atoms with van der Waals surface area (Å²) in [6, 6.07) is 14.6. The number of aryl methyl sites for hydroxylation is 1. The van der Waals surface area contributed by atoms with Gasteiger partial charge in [0.25, 0.3) is 0 Å². The second-order valence-electron chi connectivity index (χ2n) is 5.27. The van der Waals surface area contributed by atoms with Gasteiger partial charge in [-0.3, -0.25) is 0 Å². The Labute approximate surface area is 129 Å². The van der Waals surface area contributed by atoms with Crippen LogP contribution in [0.1, 0.15) is 10.6 Å². The summed E-state index contributed by atoms with van der Waals surface area (Å²) in [4.78, 5) is 6.76. The van der Waals surface area contributed by atoms with Crippen molar-refractivity contribution in [3.05, 3.63) is 53.0 Å². The van der Waals surface area contributed by atoms with Crippen LogP contribution in [0, 0.1) is 6.92 Å². The average Bonchev–Trinajstić information content (AvgIpc) is 2.84. The van der Waals surface area contributed by atoms with Crippen molar-refractivity contribution in [1.82, 2.24) is 4.98 Å². The first kappa shape index (κ1) is 13.9. The summed E-state index contributed by atoms with van der Waals surface area (Å²) in [5.41, 5.74) is 10.5. The van der Waals surface area contributed by atoms with Crippen LogP contribution >= 0.6 is 11.3 Å². The van der Waals surface area contributed by atoms with E-state index in [2.05, 4.69) is 47.3 Å². The van der Waals surface area contributed by atoms with E-state index >= 15 is 0 Å². The molecule has 108 valence electrons. The van der Waals surface area contributed by atoms with E-state index in [1.165, 1.54) is 5.56 Å². The summed E-state index contributed by atoms with van der Waals surface area (Å²) in [5.74, 6) is 0. The van der Waals surface area contributed by atoms with Crippen molar-refractivity contribution in [2.24, 2.45) is 0 Å². The summed E-state index contributed by atoms with van der Waals surface area (Å²) in [6.07, 6.45) is 1.00. The molecule has 0 saturated heterocycles. The molecule has 2 N–H and O–H groups in total. The smallest absolute Gasteiger partial charge is 0.0907 e. The van der Waals surface area contributed by atoms with Gasteiger partial charge in [0, 0.05) is 13.6 Å². The molecule has 3 aromatic rings. The van der Waals surface area contributed by atoms with Crippen molar-refractivity contribution >= 4 is 32.9 Å². The fraction of sp³-hybridized carbons (Fsp3) is 0.235. The van der Waals surface area contributed by atoms with E-state index in [9.17, 15) is 0 Å². The number of anilines is 2. The molecule has 0 bridgehead atoms. The van der Waals surface area contributed by atoms with Crippen LogP contribution in [0.2, 0.25) is 0 Å². The molecule has 3 rings (SSSR count). The Hall–Kier alpha value is -2.07. The lowest BCUT2D eigenvalue weighted by molar-refractivity contribution is 0.878. The fourth-order valence-electron chi connectivity index (χ4n) is 2.49. The third kappa shape index (κ3) is 3.00. The highest BCUT2D eigenvalue weighted by atomic mass is 32.1. The number of thiazole rings is 1. The van der Waals surface area contributed by atoms with E-state index in [1.807, 2.05) is 19.1 Å². The predicted molar refractivity (Wildman–Crippen MR) is 92.2 cm³/mol. The largest absolute Gasteiger partial charge is 0.397 e. The van der Waals surface area contributed by atoms with Crippen LogP contribution in [0.5, 0.6) is 0 Å². The second kappa shape index (κ2) is 5.74. The molecule has 21 heavy (non-hydrogen) atoms. The Morgan fingerprint density at radius 1 is 1.19 bits per heavy atom. The number of nitrogen functional groups attached to an aromatic ring is 1. The number of fused-ring (bicyclic) bond motifs is 1. The SMILES string of the molecule is Cc1nc2cc(N(C)CCc3ccccc3)c(N)cc2s1. The number of hydrogen-bond donors (Lipinski definition) is 1. The summed E-state index contributed by atoms with van der Waals surface area (Å²) < 4.78 is 1.16. The van der Waals surface area contributed by atoms with Gasteiger partial charge >= 0.3 is 0 Å². The maximum Gasteiger partial charge on any atom is 0.0907 e. The molecule has 0 fully saturated rings. The lowest BCUT2D eigenvalue weighted by Crippen LogP contribution is -2.21. The Balaban J connectivity index is 1.80. The first-order valence-electron chi connectivity index (χ1n) is 7.05. The highest BCUT2D eigenvalue weighted by Crippen LogP contribution is 2.31. The molecule has 0 saturated carbocycles. The van der Waals surface area contributed by atoms with Gasteiger partial charge in [-0.05, 0) is 31.0 Å². The molecular weight excluding hydrogens is 278 g/mol. The summed E-state index contributed by atoms with van der Waals surface area (Å²) >= 11 is 1.69. The van der Waals surface area contributed by atoms with Crippen molar-refractivity contribution in [2.45, 2.75) is 13.3 Å². The molecule has 1 heterocycles. The number of likely N-dealkylation sites (N-methyl/N-ethyl adjacent to an activating group) is 1. The first-order chi connectivity index (χ1) is 10.1. The van der Waals surface area contributed by atoms with Crippen molar-refractivity contribution in [3.63, 3.8) is 0 Å². The number of nitrogens with two attached hydrogens (primary N) is 1. The monoisotopic (exact) mass is 297 g/mol. The lowest BCUT2D eigenvalue weighted by Gasteiger charge is -2.21. The highest BCUT2D eigenvalue weighted by molar-refractivity contribution is 7.18. The summed E-state index contributed by atoms with van der Waals surface area (Å²) in [5, 5.41) is 1.08. The zero-order chi connectivity index (χ0) is 14.8. The van der Waals surface area contributed by atoms with Gasteiger partial charge < -0.3 is 10.6 Å². The molecular formula is C17H19N3S. The molecule has 0 aliphatic rings. The van der Waals surface area contributed by atoms with Gasteiger partial charge in [0.2, 0.25) is 0 Å². The molecule has 0 aliphatic carbocycles. The van der Waals surface area contributed by atoms with Crippen molar-refractivity contribution in [2.75, 3.05) is 24.2 Å². The van der Waals surface area contributed by atoms with Gasteiger partial charge in [0.1, 0.15) is 0 Å². The third-order valence-corrected chi connectivity index (χ3v) is 4.57. The summed E-state index contributed by atoms with van der Waals surface area (Å²) in [6.45, 7) is 2.96. The molecule has 4 heteroatoms. The molecule has 0 amide bonds. The van der Waals surface area contributed by atoms with Crippen LogP contribution in [-0.2, 0) is 6.42 Å². The van der Waals surface area contributed by atoms with Gasteiger partial charge in [-0.1, -0.05) is 30.3 Å². The van der Waals surface area contributed by atoms with Crippen molar-refractivity contribution < 1.29 is 0 Å². The predicted octanol–water partition coefficient (Wildman–Crippen LogP) is 3.87. The minimum absolute atomic E-state index is 0.821. The van der Waals surface area contributed by atoms with Crippen LogP contribution in [-0.4, -0.2) is 18.6 Å². The Kier molecular flexibility index (Phi) is 3.80. The van der Waals surface area contributed by atoms with Gasteiger partial charge in [0.15, 0.2) is 0 Å². The Bertz CT molecular complexity index is 749. The fourth-order valence-corrected chi connectivity index (χ4v) is 3.34. The normalized spacial score (nSPS) is 11.0. The van der Waals surface area contributed by atoms with E-state index in [-0.39, 0.29) is 0 Å². The number of benzene rings is 2. The van der Waals surface area contributed by atoms with Gasteiger partial charge in [-0.15, -0.1) is 11.3 Å². The van der Waals surface area contributed by atoms with Gasteiger partial charge in [-0.25, -0.2) is 4.98 Å². The van der Waals surface area contributed by atoms with Crippen molar-refractivity contribution in [3.8, 4) is 0 Å². The zero-order valence-electron chi connectivity index (χ0n) is 12.3. The number of hydrogen-bond acceptors (Lipinski definition) is 4. The number of aromatic nitrogens is 1. The van der Waals surface area contributed by atoms with E-state index in [4.69, 9.17) is 5.73 Å². The van der Waals surface area contributed by atoms with Gasteiger partial charge in [-0.2, -0.15) is 0 Å². The maximum atomic E-state index is 6.20. The minimum Gasteiger partial charge on any atom is -0.397 e. The topological polar surface area (TPSA) is 42.2 Å². The minimum atomic E-state index is 0.821. The van der Waals surface area contributed by atoms with Crippen LogP contribution in [0.3, 0.4) is 0 Å². The molecule has 0 unspecified atom stereocenters. The first-order valence-corrected chi connectivity index (χ1v) is 7.87. The number of rotatable bonds is 4. The van der Waals surface area contributed by atoms with E-state index in [1.54, 1.807) is 11.3 Å². The Morgan fingerprint density at radius 2 is 1.95 bits per heavy atom. The zero-order valence-corrected chi connectivity index (χ0v) is 13.2. The summed E-state index contributed by atoms with van der Waals surface area (Å²) in [7, 11) is 2.08. The number of nitrogens with zero attached hydrogens (tertiary/aromatic N) is 2.